The average molecular weight is 401 g/mol. The number of aromatic nitrogens is 2. The van der Waals surface area contributed by atoms with Crippen molar-refractivity contribution in [1.29, 1.82) is 0 Å². The molecule has 3 fully saturated rings. The summed E-state index contributed by atoms with van der Waals surface area (Å²) < 4.78 is 0. The summed E-state index contributed by atoms with van der Waals surface area (Å²) >= 11 is 0. The van der Waals surface area contributed by atoms with Gasteiger partial charge < -0.3 is 10.2 Å². The van der Waals surface area contributed by atoms with Gasteiger partial charge >= 0.3 is 0 Å². The highest BCUT2D eigenvalue weighted by Gasteiger charge is 2.61. The van der Waals surface area contributed by atoms with E-state index in [1.54, 1.807) is 0 Å². The van der Waals surface area contributed by atoms with Crippen molar-refractivity contribution in [2.45, 2.75) is 63.2 Å². The lowest BCUT2D eigenvalue weighted by Crippen LogP contribution is -2.58. The van der Waals surface area contributed by atoms with Crippen LogP contribution in [-0.2, 0) is 6.42 Å². The van der Waals surface area contributed by atoms with Crippen molar-refractivity contribution in [3.63, 3.8) is 0 Å². The van der Waals surface area contributed by atoms with Crippen LogP contribution < -0.4 is 5.32 Å². The third-order valence-corrected chi connectivity index (χ3v) is 7.96. The second-order valence-corrected chi connectivity index (χ2v) is 9.57. The van der Waals surface area contributed by atoms with E-state index in [2.05, 4.69) is 57.7 Å². The summed E-state index contributed by atoms with van der Waals surface area (Å²) in [7, 11) is 0. The molecule has 1 aromatic heterocycles. The second-order valence-electron chi connectivity index (χ2n) is 9.57. The van der Waals surface area contributed by atoms with Crippen molar-refractivity contribution in [3.05, 3.63) is 65.9 Å². The Labute approximate surface area is 176 Å². The van der Waals surface area contributed by atoms with Crippen LogP contribution in [0, 0.1) is 5.41 Å². The molecule has 2 bridgehead atoms. The number of likely N-dealkylation sites (tertiary alicyclic amines) is 1. The lowest BCUT2D eigenvalue weighted by atomic mass is 9.65. The van der Waals surface area contributed by atoms with E-state index in [0.717, 1.165) is 30.2 Å². The first-order valence-corrected chi connectivity index (χ1v) is 11.2. The molecule has 30 heavy (non-hydrogen) atoms. The molecule has 2 aromatic carbocycles. The van der Waals surface area contributed by atoms with Gasteiger partial charge in [0.05, 0.1) is 5.52 Å². The van der Waals surface area contributed by atoms with E-state index >= 15 is 0 Å². The minimum absolute atomic E-state index is 0.0913. The second kappa shape index (κ2) is 6.67. The fourth-order valence-electron chi connectivity index (χ4n) is 6.51. The van der Waals surface area contributed by atoms with E-state index in [9.17, 15) is 4.79 Å². The first-order chi connectivity index (χ1) is 14.6. The van der Waals surface area contributed by atoms with Crippen LogP contribution in [0.2, 0.25) is 0 Å². The number of hydrogen-bond acceptors (Lipinski definition) is 3. The van der Waals surface area contributed by atoms with Crippen LogP contribution in [0.25, 0.3) is 10.9 Å². The minimum atomic E-state index is 0.0913. The number of piperidine rings is 1. The molecule has 154 valence electrons. The van der Waals surface area contributed by atoms with Crippen LogP contribution >= 0.6 is 0 Å². The Bertz CT molecular complexity index is 1090. The molecule has 6 rings (SSSR count). The van der Waals surface area contributed by atoms with Gasteiger partial charge in [0.2, 0.25) is 0 Å². The quantitative estimate of drug-likeness (QED) is 0.701. The number of rotatable bonds is 3. The van der Waals surface area contributed by atoms with Crippen molar-refractivity contribution in [2.75, 3.05) is 0 Å². The van der Waals surface area contributed by atoms with Gasteiger partial charge in [0.25, 0.3) is 5.91 Å². The summed E-state index contributed by atoms with van der Waals surface area (Å²) in [6.07, 6.45) is 5.51. The molecule has 2 saturated heterocycles. The molecule has 1 amide bonds. The fraction of sp³-hybridized carbons (Fsp3) is 0.440. The van der Waals surface area contributed by atoms with Crippen molar-refractivity contribution < 1.29 is 4.79 Å². The van der Waals surface area contributed by atoms with Crippen LogP contribution in [0.15, 0.2) is 54.6 Å². The zero-order chi connectivity index (χ0) is 20.3. The molecule has 0 spiro atoms. The van der Waals surface area contributed by atoms with Gasteiger partial charge in [0, 0.05) is 35.0 Å². The van der Waals surface area contributed by atoms with Gasteiger partial charge in [0.15, 0.2) is 5.69 Å². The van der Waals surface area contributed by atoms with Crippen LogP contribution in [0.3, 0.4) is 0 Å². The number of carbonyl (C=O) groups excluding carboxylic acids is 1. The highest BCUT2D eigenvalue weighted by Crippen LogP contribution is 2.53. The summed E-state index contributed by atoms with van der Waals surface area (Å²) in [5.41, 5.74) is 2.98. The number of fused-ring (bicyclic) bond motifs is 2. The van der Waals surface area contributed by atoms with Crippen LogP contribution in [0.1, 0.15) is 48.7 Å². The number of nitrogens with one attached hydrogen (secondary N) is 2. The Morgan fingerprint density at radius 2 is 1.93 bits per heavy atom. The Balaban J connectivity index is 1.40. The molecule has 3 heterocycles. The van der Waals surface area contributed by atoms with Crippen molar-refractivity contribution >= 4 is 16.8 Å². The van der Waals surface area contributed by atoms with Gasteiger partial charge in [-0.1, -0.05) is 55.5 Å². The monoisotopic (exact) mass is 400 g/mol. The van der Waals surface area contributed by atoms with Crippen LogP contribution in [-0.4, -0.2) is 45.2 Å². The Morgan fingerprint density at radius 1 is 1.13 bits per heavy atom. The van der Waals surface area contributed by atoms with Gasteiger partial charge in [0.1, 0.15) is 0 Å². The molecular weight excluding hydrogens is 372 g/mol. The number of carbonyl (C=O) groups is 1. The zero-order valence-corrected chi connectivity index (χ0v) is 17.3. The van der Waals surface area contributed by atoms with E-state index in [1.807, 2.05) is 24.3 Å². The largest absolute Gasteiger partial charge is 0.329 e. The van der Waals surface area contributed by atoms with Crippen molar-refractivity contribution in [3.8, 4) is 0 Å². The summed E-state index contributed by atoms with van der Waals surface area (Å²) in [5, 5.41) is 12.4. The SMILES string of the molecule is C[C@@]12C[C@H]3[C@@H](Cc4ccccc4)N[C@@H]1CCC[C@@H]2N3C(=O)c1n[nH]c2ccccc12. The lowest BCUT2D eigenvalue weighted by Gasteiger charge is -2.46. The van der Waals surface area contributed by atoms with Gasteiger partial charge in [-0.05, 0) is 43.7 Å². The number of H-pyrrole nitrogens is 1. The van der Waals surface area contributed by atoms with Crippen molar-refractivity contribution in [1.82, 2.24) is 20.4 Å². The molecule has 2 aliphatic heterocycles. The fourth-order valence-corrected chi connectivity index (χ4v) is 6.51. The Kier molecular flexibility index (Phi) is 4.03. The third-order valence-electron chi connectivity index (χ3n) is 7.96. The molecule has 5 atom stereocenters. The number of para-hydroxylation sites is 1. The van der Waals surface area contributed by atoms with Crippen LogP contribution in [0.5, 0.6) is 0 Å². The summed E-state index contributed by atoms with van der Waals surface area (Å²) in [5.74, 6) is 0.0913. The zero-order valence-electron chi connectivity index (χ0n) is 17.3. The summed E-state index contributed by atoms with van der Waals surface area (Å²) in [6, 6.07) is 19.9. The molecule has 0 radical (unpaired) electrons. The predicted octanol–water partition coefficient (Wildman–Crippen LogP) is 3.92. The Morgan fingerprint density at radius 3 is 2.80 bits per heavy atom. The molecule has 1 aliphatic carbocycles. The predicted molar refractivity (Wildman–Crippen MR) is 117 cm³/mol. The van der Waals surface area contributed by atoms with E-state index in [-0.39, 0.29) is 29.4 Å². The van der Waals surface area contributed by atoms with E-state index in [0.29, 0.717) is 11.7 Å². The standard InChI is InChI=1S/C25H28N4O/c1-25-15-20-19(14-16-8-3-2-4-9-16)26-21(25)12-7-13-22(25)29(20)24(30)23-17-10-5-6-11-18(17)27-28-23/h2-6,8-11,19-22,26H,7,12-15H2,1H3,(H,27,28)/t19-,20+,21-,22+,25-/m1/s1. The van der Waals surface area contributed by atoms with Gasteiger partial charge in [-0.25, -0.2) is 0 Å². The molecule has 5 nitrogen and oxygen atoms in total. The summed E-state index contributed by atoms with van der Waals surface area (Å²) in [4.78, 5) is 16.1. The first-order valence-electron chi connectivity index (χ1n) is 11.2. The molecule has 5 heteroatoms. The molecule has 1 saturated carbocycles. The first kappa shape index (κ1) is 18.1. The smallest absolute Gasteiger partial charge is 0.275 e. The molecule has 0 unspecified atom stereocenters. The molecule has 3 aliphatic rings. The lowest BCUT2D eigenvalue weighted by molar-refractivity contribution is 0.0555. The average Bonchev–Trinajstić information content (AvgIpc) is 3.32. The number of hydrogen-bond donors (Lipinski definition) is 2. The highest BCUT2D eigenvalue weighted by molar-refractivity contribution is 6.05. The highest BCUT2D eigenvalue weighted by atomic mass is 16.2. The number of benzene rings is 2. The van der Waals surface area contributed by atoms with E-state index in [1.165, 1.54) is 18.4 Å². The Hall–Kier alpha value is -2.66. The molecule has 2 N–H and O–H groups in total. The molecular formula is C25H28N4O. The van der Waals surface area contributed by atoms with Crippen molar-refractivity contribution in [2.24, 2.45) is 5.41 Å². The normalized spacial score (nSPS) is 32.5. The van der Waals surface area contributed by atoms with Crippen LogP contribution in [0.4, 0.5) is 0 Å². The number of aromatic amines is 1. The van der Waals surface area contributed by atoms with E-state index in [4.69, 9.17) is 0 Å². The maximum atomic E-state index is 13.9. The van der Waals surface area contributed by atoms with Gasteiger partial charge in [-0.15, -0.1) is 0 Å². The minimum Gasteiger partial charge on any atom is -0.329 e. The third kappa shape index (κ3) is 2.58. The summed E-state index contributed by atoms with van der Waals surface area (Å²) in [6.45, 7) is 2.40. The number of amides is 1. The maximum absolute atomic E-state index is 13.9. The number of nitrogens with zero attached hydrogens (tertiary/aromatic N) is 2. The maximum Gasteiger partial charge on any atom is 0.275 e. The van der Waals surface area contributed by atoms with Gasteiger partial charge in [-0.3, -0.25) is 9.89 Å². The van der Waals surface area contributed by atoms with Gasteiger partial charge in [-0.2, -0.15) is 5.10 Å². The van der Waals surface area contributed by atoms with E-state index < -0.39 is 0 Å². The molecule has 3 aromatic rings. The topological polar surface area (TPSA) is 61.0 Å².